The van der Waals surface area contributed by atoms with E-state index in [1.807, 2.05) is 44.2 Å². The smallest absolute Gasteiger partial charge is 0.244 e. The fourth-order valence-electron chi connectivity index (χ4n) is 3.03. The molecule has 29 heavy (non-hydrogen) atoms. The minimum absolute atomic E-state index is 0.0271. The third kappa shape index (κ3) is 6.17. The maximum absolute atomic E-state index is 13.3. The number of aliphatic hydroxyl groups excluding tert-OH is 1. The summed E-state index contributed by atoms with van der Waals surface area (Å²) in [5, 5.41) is 20.4. The van der Waals surface area contributed by atoms with E-state index in [-0.39, 0.29) is 34.7 Å². The molecule has 0 aliphatic heterocycles. The van der Waals surface area contributed by atoms with Crippen LogP contribution in [-0.2, 0) is 16.4 Å². The van der Waals surface area contributed by atoms with E-state index in [4.69, 9.17) is 17.3 Å². The number of hydrogen-bond donors (Lipinski definition) is 3. The number of sulfonamides is 1. The van der Waals surface area contributed by atoms with E-state index in [0.717, 1.165) is 5.56 Å². The van der Waals surface area contributed by atoms with Crippen LogP contribution in [0, 0.1) is 12.8 Å². The monoisotopic (exact) mass is 440 g/mol. The number of hydrogen-bond acceptors (Lipinski definition) is 5. The van der Waals surface area contributed by atoms with Gasteiger partial charge in [-0.1, -0.05) is 55.8 Å². The second kappa shape index (κ2) is 9.91. The second-order valence-corrected chi connectivity index (χ2v) is 10.0. The quantitative estimate of drug-likeness (QED) is 0.556. The van der Waals surface area contributed by atoms with E-state index < -0.39 is 22.2 Å². The molecule has 2 atom stereocenters. The third-order valence-corrected chi connectivity index (χ3v) is 6.93. The first-order valence-electron chi connectivity index (χ1n) is 9.49. The summed E-state index contributed by atoms with van der Waals surface area (Å²) < 4.78 is 27.8. The molecule has 2 aromatic rings. The van der Waals surface area contributed by atoms with Gasteiger partial charge in [-0.05, 0) is 36.5 Å². The minimum Gasteiger partial charge on any atom is -0.508 e. The van der Waals surface area contributed by atoms with Gasteiger partial charge in [-0.3, -0.25) is 0 Å². The Hall–Kier alpha value is -1.64. The van der Waals surface area contributed by atoms with Crippen molar-refractivity contribution in [1.82, 2.24) is 4.31 Å². The van der Waals surface area contributed by atoms with Gasteiger partial charge < -0.3 is 15.9 Å². The van der Waals surface area contributed by atoms with Crippen LogP contribution in [0.25, 0.3) is 0 Å². The summed E-state index contributed by atoms with van der Waals surface area (Å²) in [6.45, 7) is 5.44. The highest BCUT2D eigenvalue weighted by atomic mass is 35.5. The molecule has 4 N–H and O–H groups in total. The lowest BCUT2D eigenvalue weighted by atomic mass is 10.0. The highest BCUT2D eigenvalue weighted by Gasteiger charge is 2.31. The largest absolute Gasteiger partial charge is 0.508 e. The van der Waals surface area contributed by atoms with Crippen molar-refractivity contribution in [2.75, 3.05) is 13.1 Å². The molecule has 0 heterocycles. The molecule has 0 amide bonds. The average molecular weight is 441 g/mol. The van der Waals surface area contributed by atoms with E-state index in [0.29, 0.717) is 12.0 Å². The Morgan fingerprint density at radius 1 is 1.14 bits per heavy atom. The zero-order valence-corrected chi connectivity index (χ0v) is 18.5. The predicted octanol–water partition coefficient (Wildman–Crippen LogP) is 2.93. The standard InChI is InChI=1S/C21H29ClN2O4S/c1-14(2)12-24(13-20(26)18(23)10-16-7-5-4-6-8-16)29(27,28)21-9-15(3)19(25)11-17(21)22/h4-9,11,14,18,20,25-26H,10,12-13,23H2,1-3H3. The van der Waals surface area contributed by atoms with Crippen molar-refractivity contribution in [2.24, 2.45) is 11.7 Å². The highest BCUT2D eigenvalue weighted by molar-refractivity contribution is 7.89. The molecule has 0 bridgehead atoms. The van der Waals surface area contributed by atoms with Gasteiger partial charge in [0.2, 0.25) is 10.0 Å². The van der Waals surface area contributed by atoms with Crippen molar-refractivity contribution in [3.05, 3.63) is 58.6 Å². The number of nitrogens with zero attached hydrogens (tertiary/aromatic N) is 1. The van der Waals surface area contributed by atoms with Gasteiger partial charge in [0.05, 0.1) is 11.1 Å². The van der Waals surface area contributed by atoms with Crippen molar-refractivity contribution >= 4 is 21.6 Å². The van der Waals surface area contributed by atoms with E-state index in [2.05, 4.69) is 0 Å². The Bertz CT molecular complexity index is 920. The molecule has 0 saturated heterocycles. The van der Waals surface area contributed by atoms with Gasteiger partial charge >= 0.3 is 0 Å². The van der Waals surface area contributed by atoms with Crippen LogP contribution in [0.2, 0.25) is 5.02 Å². The van der Waals surface area contributed by atoms with Crippen LogP contribution in [0.4, 0.5) is 0 Å². The van der Waals surface area contributed by atoms with Crippen molar-refractivity contribution in [1.29, 1.82) is 0 Å². The molecule has 6 nitrogen and oxygen atoms in total. The molecule has 2 unspecified atom stereocenters. The first kappa shape index (κ1) is 23.6. The van der Waals surface area contributed by atoms with Crippen molar-refractivity contribution in [3.8, 4) is 5.75 Å². The molecule has 0 aliphatic carbocycles. The van der Waals surface area contributed by atoms with Crippen LogP contribution < -0.4 is 5.73 Å². The molecule has 0 aromatic heterocycles. The van der Waals surface area contributed by atoms with Gasteiger partial charge in [-0.2, -0.15) is 4.31 Å². The van der Waals surface area contributed by atoms with E-state index in [1.54, 1.807) is 6.92 Å². The summed E-state index contributed by atoms with van der Waals surface area (Å²) in [5.41, 5.74) is 7.52. The van der Waals surface area contributed by atoms with Crippen molar-refractivity contribution in [3.63, 3.8) is 0 Å². The predicted molar refractivity (Wildman–Crippen MR) is 116 cm³/mol. The number of halogens is 1. The van der Waals surface area contributed by atoms with Gasteiger partial charge in [0.15, 0.2) is 0 Å². The molecule has 2 aromatic carbocycles. The molecule has 0 saturated carbocycles. The average Bonchev–Trinajstić information content (AvgIpc) is 2.64. The third-order valence-electron chi connectivity index (χ3n) is 4.64. The zero-order chi connectivity index (χ0) is 21.8. The van der Waals surface area contributed by atoms with Crippen LogP contribution >= 0.6 is 11.6 Å². The number of benzene rings is 2. The zero-order valence-electron chi connectivity index (χ0n) is 16.9. The molecular weight excluding hydrogens is 412 g/mol. The number of aryl methyl sites for hydroxylation is 1. The fourth-order valence-corrected chi connectivity index (χ4v) is 5.23. The Morgan fingerprint density at radius 2 is 1.76 bits per heavy atom. The molecule has 8 heteroatoms. The van der Waals surface area contributed by atoms with Crippen LogP contribution in [0.5, 0.6) is 5.75 Å². The molecular formula is C21H29ClN2O4S. The lowest BCUT2D eigenvalue weighted by Gasteiger charge is -2.29. The Morgan fingerprint density at radius 3 is 2.34 bits per heavy atom. The van der Waals surface area contributed by atoms with Gasteiger partial charge in [-0.15, -0.1) is 0 Å². The minimum atomic E-state index is -3.99. The fraction of sp³-hybridized carbons (Fsp3) is 0.429. The van der Waals surface area contributed by atoms with Crippen LogP contribution in [0.3, 0.4) is 0 Å². The molecule has 2 rings (SSSR count). The SMILES string of the molecule is Cc1cc(S(=O)(=O)N(CC(C)C)CC(O)C(N)Cc2ccccc2)c(Cl)cc1O. The first-order chi connectivity index (χ1) is 13.5. The van der Waals surface area contributed by atoms with Gasteiger partial charge in [0.25, 0.3) is 0 Å². The molecule has 0 aliphatic rings. The maximum Gasteiger partial charge on any atom is 0.244 e. The molecule has 0 spiro atoms. The lowest BCUT2D eigenvalue weighted by molar-refractivity contribution is 0.116. The highest BCUT2D eigenvalue weighted by Crippen LogP contribution is 2.31. The topological polar surface area (TPSA) is 104 Å². The first-order valence-corrected chi connectivity index (χ1v) is 11.3. The Balaban J connectivity index is 2.27. The number of aromatic hydroxyl groups is 1. The van der Waals surface area contributed by atoms with Crippen molar-refractivity contribution in [2.45, 2.75) is 44.2 Å². The maximum atomic E-state index is 13.3. The van der Waals surface area contributed by atoms with Gasteiger partial charge in [-0.25, -0.2) is 8.42 Å². The van der Waals surface area contributed by atoms with E-state index in [9.17, 15) is 18.6 Å². The number of aliphatic hydroxyl groups is 1. The van der Waals surface area contributed by atoms with Crippen LogP contribution in [0.15, 0.2) is 47.4 Å². The van der Waals surface area contributed by atoms with Gasteiger partial charge in [0.1, 0.15) is 10.6 Å². The lowest BCUT2D eigenvalue weighted by Crippen LogP contribution is -2.47. The van der Waals surface area contributed by atoms with Crippen LogP contribution in [0.1, 0.15) is 25.0 Å². The molecule has 0 fully saturated rings. The summed E-state index contributed by atoms with van der Waals surface area (Å²) >= 11 is 6.12. The Kier molecular flexibility index (Phi) is 8.08. The molecule has 0 radical (unpaired) electrons. The number of nitrogens with two attached hydrogens (primary N) is 1. The second-order valence-electron chi connectivity index (χ2n) is 7.71. The van der Waals surface area contributed by atoms with E-state index in [1.165, 1.54) is 16.4 Å². The van der Waals surface area contributed by atoms with Crippen molar-refractivity contribution < 1.29 is 18.6 Å². The number of phenols is 1. The summed E-state index contributed by atoms with van der Waals surface area (Å²) in [5.74, 6) is -0.0476. The summed E-state index contributed by atoms with van der Waals surface area (Å²) in [6.07, 6.45) is -0.628. The number of rotatable bonds is 9. The normalized spacial score (nSPS) is 14.3. The van der Waals surface area contributed by atoms with Gasteiger partial charge in [0, 0.05) is 25.2 Å². The molecule has 160 valence electrons. The van der Waals surface area contributed by atoms with E-state index >= 15 is 0 Å². The summed E-state index contributed by atoms with van der Waals surface area (Å²) in [4.78, 5) is -0.0982. The number of phenolic OH excluding ortho intramolecular Hbond substituents is 1. The van der Waals surface area contributed by atoms with Crippen LogP contribution in [-0.4, -0.2) is 48.2 Å². The summed E-state index contributed by atoms with van der Waals surface area (Å²) in [7, 11) is -3.99. The summed E-state index contributed by atoms with van der Waals surface area (Å²) in [6, 6.07) is 11.4. The Labute approximate surface area is 178 Å².